The van der Waals surface area contributed by atoms with Crippen molar-refractivity contribution in [1.29, 1.82) is 0 Å². The monoisotopic (exact) mass is 562 g/mol. The number of aromatic nitrogens is 3. The highest BCUT2D eigenvalue weighted by molar-refractivity contribution is 14.0. The van der Waals surface area contributed by atoms with Crippen molar-refractivity contribution in [2.45, 2.75) is 11.8 Å². The number of aliphatic imine (C=N–C) groups is 1. The van der Waals surface area contributed by atoms with Gasteiger partial charge in [0, 0.05) is 51.8 Å². The van der Waals surface area contributed by atoms with E-state index >= 15 is 0 Å². The van der Waals surface area contributed by atoms with Gasteiger partial charge in [0.25, 0.3) is 0 Å². The summed E-state index contributed by atoms with van der Waals surface area (Å²) < 4.78 is 28.6. The second kappa shape index (κ2) is 11.4. The lowest BCUT2D eigenvalue weighted by Crippen LogP contribution is -2.55. The average Bonchev–Trinajstić information content (AvgIpc) is 3.17. The molecule has 1 saturated heterocycles. The van der Waals surface area contributed by atoms with E-state index in [9.17, 15) is 13.2 Å². The van der Waals surface area contributed by atoms with Gasteiger partial charge in [0.15, 0.2) is 5.96 Å². The number of guanidine groups is 1. The van der Waals surface area contributed by atoms with Crippen LogP contribution in [0.5, 0.6) is 0 Å². The lowest BCUT2D eigenvalue weighted by Gasteiger charge is -2.35. The standard InChI is InChI=1S/C18H26N8O3S.HI/c1-3-20-18(21-7-8-23-30(28,29)16-5-4-6-19-12-16)25-9-10-26(17(27)14-25)15-11-22-24(2)13-15;/h4-6,11-13,23H,3,7-10,14H2,1-2H3,(H,20,21);1H. The molecule has 170 valence electrons. The summed E-state index contributed by atoms with van der Waals surface area (Å²) >= 11 is 0. The smallest absolute Gasteiger partial charge is 0.246 e. The van der Waals surface area contributed by atoms with Crippen LogP contribution in [0.4, 0.5) is 5.69 Å². The topological polar surface area (TPSA) is 125 Å². The summed E-state index contributed by atoms with van der Waals surface area (Å²) in [6.45, 7) is 4.25. The van der Waals surface area contributed by atoms with Crippen LogP contribution in [0.1, 0.15) is 6.92 Å². The lowest BCUT2D eigenvalue weighted by molar-refractivity contribution is -0.120. The predicted octanol–water partition coefficient (Wildman–Crippen LogP) is 0.0257. The van der Waals surface area contributed by atoms with Crippen LogP contribution in [0.3, 0.4) is 0 Å². The van der Waals surface area contributed by atoms with Gasteiger partial charge in [-0.05, 0) is 19.1 Å². The molecule has 0 aromatic carbocycles. The number of nitrogens with one attached hydrogen (secondary N) is 2. The van der Waals surface area contributed by atoms with Crippen molar-refractivity contribution in [2.75, 3.05) is 44.2 Å². The molecule has 31 heavy (non-hydrogen) atoms. The number of pyridine rings is 1. The molecular weight excluding hydrogens is 535 g/mol. The van der Waals surface area contributed by atoms with E-state index in [1.807, 2.05) is 18.9 Å². The molecule has 0 saturated carbocycles. The van der Waals surface area contributed by atoms with Gasteiger partial charge >= 0.3 is 0 Å². The molecule has 0 unspecified atom stereocenters. The molecule has 2 aromatic rings. The van der Waals surface area contributed by atoms with Crippen LogP contribution in [-0.2, 0) is 21.9 Å². The van der Waals surface area contributed by atoms with Crippen LogP contribution in [0, 0.1) is 0 Å². The quantitative estimate of drug-likeness (QED) is 0.211. The molecule has 3 heterocycles. The number of rotatable bonds is 7. The number of carbonyl (C=O) groups is 1. The Hall–Kier alpha value is -2.26. The lowest BCUT2D eigenvalue weighted by atomic mass is 10.3. The second-order valence-electron chi connectivity index (χ2n) is 6.66. The Morgan fingerprint density at radius 3 is 2.71 bits per heavy atom. The number of piperazine rings is 1. The number of halogens is 1. The molecule has 2 aromatic heterocycles. The zero-order valence-electron chi connectivity index (χ0n) is 17.4. The minimum atomic E-state index is -3.62. The van der Waals surface area contributed by atoms with E-state index in [1.165, 1.54) is 18.5 Å². The van der Waals surface area contributed by atoms with Crippen molar-refractivity contribution in [3.8, 4) is 0 Å². The molecule has 2 N–H and O–H groups in total. The predicted molar refractivity (Wildman–Crippen MR) is 128 cm³/mol. The maximum atomic E-state index is 12.6. The molecule has 11 nitrogen and oxygen atoms in total. The van der Waals surface area contributed by atoms with Gasteiger partial charge in [-0.3, -0.25) is 19.5 Å². The molecule has 0 bridgehead atoms. The van der Waals surface area contributed by atoms with Gasteiger partial charge in [-0.2, -0.15) is 5.10 Å². The van der Waals surface area contributed by atoms with Gasteiger partial charge in [-0.25, -0.2) is 13.1 Å². The largest absolute Gasteiger partial charge is 0.357 e. The Morgan fingerprint density at radius 2 is 2.10 bits per heavy atom. The fourth-order valence-electron chi connectivity index (χ4n) is 3.03. The van der Waals surface area contributed by atoms with Crippen LogP contribution in [-0.4, -0.2) is 79.2 Å². The van der Waals surface area contributed by atoms with Crippen LogP contribution in [0.25, 0.3) is 0 Å². The molecule has 13 heteroatoms. The molecule has 3 rings (SSSR count). The summed E-state index contributed by atoms with van der Waals surface area (Å²) in [6, 6.07) is 3.05. The van der Waals surface area contributed by atoms with Crippen LogP contribution >= 0.6 is 24.0 Å². The van der Waals surface area contributed by atoms with Crippen molar-refractivity contribution >= 4 is 51.6 Å². The Bertz CT molecular complexity index is 996. The number of nitrogens with zero attached hydrogens (tertiary/aromatic N) is 6. The Morgan fingerprint density at radius 1 is 1.29 bits per heavy atom. The molecular formula is C18H27IN8O3S. The van der Waals surface area contributed by atoms with Crippen molar-refractivity contribution in [3.05, 3.63) is 36.9 Å². The first-order valence-corrected chi connectivity index (χ1v) is 11.1. The molecule has 1 fully saturated rings. The number of carbonyl (C=O) groups excluding carboxylic acids is 1. The normalized spacial score (nSPS) is 15.0. The van der Waals surface area contributed by atoms with Crippen molar-refractivity contribution in [3.63, 3.8) is 0 Å². The van der Waals surface area contributed by atoms with Crippen LogP contribution in [0.2, 0.25) is 0 Å². The van der Waals surface area contributed by atoms with E-state index in [2.05, 4.69) is 25.1 Å². The number of sulfonamides is 1. The molecule has 0 aliphatic carbocycles. The third-order valence-electron chi connectivity index (χ3n) is 4.47. The van der Waals surface area contributed by atoms with E-state index in [4.69, 9.17) is 0 Å². The fraction of sp³-hybridized carbons (Fsp3) is 0.444. The first kappa shape index (κ1) is 25.0. The van der Waals surface area contributed by atoms with Gasteiger partial charge in [-0.15, -0.1) is 24.0 Å². The second-order valence-corrected chi connectivity index (χ2v) is 8.43. The first-order chi connectivity index (χ1) is 14.4. The van der Waals surface area contributed by atoms with E-state index in [0.29, 0.717) is 25.6 Å². The number of aryl methyl sites for hydroxylation is 1. The summed E-state index contributed by atoms with van der Waals surface area (Å²) in [5, 5.41) is 7.28. The van der Waals surface area contributed by atoms with E-state index < -0.39 is 10.0 Å². The summed E-state index contributed by atoms with van der Waals surface area (Å²) in [7, 11) is -1.82. The zero-order chi connectivity index (χ0) is 21.6. The Balaban J connectivity index is 0.00000341. The minimum Gasteiger partial charge on any atom is -0.357 e. The van der Waals surface area contributed by atoms with E-state index in [1.54, 1.807) is 28.0 Å². The van der Waals surface area contributed by atoms with Gasteiger partial charge in [0.05, 0.1) is 18.4 Å². The fourth-order valence-corrected chi connectivity index (χ4v) is 4.02. The zero-order valence-corrected chi connectivity index (χ0v) is 20.6. The number of hydrogen-bond acceptors (Lipinski definition) is 6. The van der Waals surface area contributed by atoms with E-state index in [-0.39, 0.29) is 54.4 Å². The number of amides is 1. The molecule has 1 aliphatic rings. The third-order valence-corrected chi connectivity index (χ3v) is 5.91. The Labute approximate surface area is 199 Å². The molecule has 1 aliphatic heterocycles. The highest BCUT2D eigenvalue weighted by atomic mass is 127. The summed E-state index contributed by atoms with van der Waals surface area (Å²) in [5.74, 6) is 0.536. The highest BCUT2D eigenvalue weighted by Crippen LogP contribution is 2.16. The van der Waals surface area contributed by atoms with Crippen molar-refractivity contribution in [2.24, 2.45) is 12.0 Å². The molecule has 1 amide bonds. The number of anilines is 1. The first-order valence-electron chi connectivity index (χ1n) is 9.62. The Kier molecular flexibility index (Phi) is 9.18. The van der Waals surface area contributed by atoms with Crippen LogP contribution in [0.15, 0.2) is 46.8 Å². The number of hydrogen-bond donors (Lipinski definition) is 2. The van der Waals surface area contributed by atoms with Gasteiger partial charge in [0.1, 0.15) is 11.4 Å². The van der Waals surface area contributed by atoms with E-state index in [0.717, 1.165) is 5.69 Å². The van der Waals surface area contributed by atoms with Gasteiger partial charge in [-0.1, -0.05) is 0 Å². The average molecular weight is 562 g/mol. The van der Waals surface area contributed by atoms with Crippen molar-refractivity contribution in [1.82, 2.24) is 29.7 Å². The minimum absolute atomic E-state index is 0. The molecule has 0 radical (unpaired) electrons. The SMILES string of the molecule is CCNC(=NCCNS(=O)(=O)c1cccnc1)N1CCN(c2cnn(C)c2)C(=O)C1.I. The third kappa shape index (κ3) is 6.61. The summed E-state index contributed by atoms with van der Waals surface area (Å²) in [5.41, 5.74) is 0.772. The summed E-state index contributed by atoms with van der Waals surface area (Å²) in [6.07, 6.45) is 6.28. The molecule has 0 spiro atoms. The van der Waals surface area contributed by atoms with Crippen LogP contribution < -0.4 is 14.9 Å². The maximum absolute atomic E-state index is 12.6. The summed E-state index contributed by atoms with van der Waals surface area (Å²) in [4.78, 5) is 24.6. The van der Waals surface area contributed by atoms with Gasteiger partial charge < -0.3 is 15.1 Å². The maximum Gasteiger partial charge on any atom is 0.246 e. The highest BCUT2D eigenvalue weighted by Gasteiger charge is 2.27. The molecule has 0 atom stereocenters. The van der Waals surface area contributed by atoms with Gasteiger partial charge in [0.2, 0.25) is 15.9 Å². The van der Waals surface area contributed by atoms with Crippen molar-refractivity contribution < 1.29 is 13.2 Å².